The van der Waals surface area contributed by atoms with E-state index in [0.29, 0.717) is 56.4 Å². The highest BCUT2D eigenvalue weighted by Gasteiger charge is 2.33. The van der Waals surface area contributed by atoms with Crippen molar-refractivity contribution < 1.29 is 14.6 Å². The first-order valence-electron chi connectivity index (χ1n) is 11.8. The van der Waals surface area contributed by atoms with Gasteiger partial charge in [0.15, 0.2) is 17.2 Å². The number of H-pyrrole nitrogens is 1. The van der Waals surface area contributed by atoms with Gasteiger partial charge >= 0.3 is 0 Å². The van der Waals surface area contributed by atoms with Crippen molar-refractivity contribution in [3.63, 3.8) is 0 Å². The maximum Gasteiger partial charge on any atom is 0.271 e. The van der Waals surface area contributed by atoms with E-state index in [4.69, 9.17) is 9.47 Å². The zero-order valence-electron chi connectivity index (χ0n) is 20.5. The number of aromatic amines is 1. The molecule has 8 nitrogen and oxygen atoms in total. The molecule has 1 aromatic heterocycles. The molecule has 0 atom stereocenters. The molecule has 0 spiro atoms. The van der Waals surface area contributed by atoms with Gasteiger partial charge in [0.25, 0.3) is 5.56 Å². The van der Waals surface area contributed by atoms with Crippen molar-refractivity contribution in [1.82, 2.24) is 9.97 Å². The first kappa shape index (κ1) is 25.9. The van der Waals surface area contributed by atoms with Gasteiger partial charge in [-0.3, -0.25) is 4.79 Å². The van der Waals surface area contributed by atoms with Crippen molar-refractivity contribution in [3.8, 4) is 11.8 Å². The predicted molar refractivity (Wildman–Crippen MR) is 134 cm³/mol. The molecule has 4 rings (SSSR count). The minimum atomic E-state index is -1.19. The summed E-state index contributed by atoms with van der Waals surface area (Å²) in [6, 6.07) is 19.5. The normalized spacial score (nSPS) is 14.4. The second-order valence-electron chi connectivity index (χ2n) is 8.02. The SMILES string of the molecule is CC.COC1(O)CCN(c2nc(Cc3ccccc3OCc3ccccc3)[nH]c(=O)c2C#N)CC1. The molecule has 184 valence electrons. The molecule has 35 heavy (non-hydrogen) atoms. The number of hydrogen-bond acceptors (Lipinski definition) is 7. The van der Waals surface area contributed by atoms with Gasteiger partial charge in [0.2, 0.25) is 0 Å². The fourth-order valence-electron chi connectivity index (χ4n) is 3.90. The van der Waals surface area contributed by atoms with E-state index >= 15 is 0 Å². The number of methoxy groups -OCH3 is 1. The lowest BCUT2D eigenvalue weighted by Gasteiger charge is -2.37. The van der Waals surface area contributed by atoms with Crippen LogP contribution in [0.2, 0.25) is 0 Å². The molecular weight excluding hydrogens is 444 g/mol. The summed E-state index contributed by atoms with van der Waals surface area (Å²) in [5.41, 5.74) is 1.42. The van der Waals surface area contributed by atoms with E-state index in [1.54, 1.807) is 0 Å². The standard InChI is InChI=1S/C25H26N4O4.C2H6/c1-32-25(31)11-13-29(14-12-25)23-20(16-26)24(30)28-22(27-23)15-19-9-5-6-10-21(19)33-17-18-7-3-2-4-8-18;1-2/h2-10,31H,11-15,17H2,1H3,(H,27,28,30);1-2H3. The summed E-state index contributed by atoms with van der Waals surface area (Å²) in [7, 11) is 1.47. The number of benzene rings is 2. The molecule has 3 aromatic rings. The van der Waals surface area contributed by atoms with Crippen LogP contribution in [0.15, 0.2) is 59.4 Å². The minimum Gasteiger partial charge on any atom is -0.489 e. The monoisotopic (exact) mass is 476 g/mol. The van der Waals surface area contributed by atoms with Crippen LogP contribution >= 0.6 is 0 Å². The Morgan fingerprint density at radius 1 is 1.11 bits per heavy atom. The Balaban J connectivity index is 0.00000167. The first-order valence-corrected chi connectivity index (χ1v) is 11.8. The van der Waals surface area contributed by atoms with Gasteiger partial charge in [0.05, 0.1) is 0 Å². The number of rotatable bonds is 7. The lowest BCUT2D eigenvalue weighted by atomic mass is 10.0. The molecule has 0 bridgehead atoms. The number of para-hydroxylation sites is 1. The van der Waals surface area contributed by atoms with Crippen molar-refractivity contribution in [1.29, 1.82) is 5.26 Å². The number of ether oxygens (including phenoxy) is 2. The van der Waals surface area contributed by atoms with Gasteiger partial charge in [-0.2, -0.15) is 5.26 Å². The fraction of sp³-hybridized carbons (Fsp3) is 0.370. The third-order valence-electron chi connectivity index (χ3n) is 5.85. The summed E-state index contributed by atoms with van der Waals surface area (Å²) in [5, 5.41) is 19.9. The van der Waals surface area contributed by atoms with Crippen molar-refractivity contribution in [3.05, 3.63) is 87.5 Å². The average molecular weight is 477 g/mol. The zero-order valence-corrected chi connectivity index (χ0v) is 20.5. The Morgan fingerprint density at radius 3 is 2.43 bits per heavy atom. The third-order valence-corrected chi connectivity index (χ3v) is 5.85. The highest BCUT2D eigenvalue weighted by Crippen LogP contribution is 2.27. The van der Waals surface area contributed by atoms with Gasteiger partial charge in [-0.15, -0.1) is 0 Å². The van der Waals surface area contributed by atoms with E-state index in [1.807, 2.05) is 79.4 Å². The first-order chi connectivity index (χ1) is 17.0. The van der Waals surface area contributed by atoms with Crippen LogP contribution in [-0.4, -0.2) is 41.1 Å². The highest BCUT2D eigenvalue weighted by molar-refractivity contribution is 5.53. The molecule has 0 aliphatic carbocycles. The third kappa shape index (κ3) is 6.47. The number of nitriles is 1. The molecule has 1 aliphatic heterocycles. The molecule has 0 saturated carbocycles. The number of nitrogens with one attached hydrogen (secondary N) is 1. The molecule has 2 N–H and O–H groups in total. The highest BCUT2D eigenvalue weighted by atomic mass is 16.6. The smallest absolute Gasteiger partial charge is 0.271 e. The van der Waals surface area contributed by atoms with Crippen LogP contribution in [0.4, 0.5) is 5.82 Å². The van der Waals surface area contributed by atoms with Crippen LogP contribution in [-0.2, 0) is 17.8 Å². The van der Waals surface area contributed by atoms with Gasteiger partial charge in [0, 0.05) is 45.0 Å². The maximum absolute atomic E-state index is 12.7. The van der Waals surface area contributed by atoms with Crippen molar-refractivity contribution in [2.45, 2.75) is 45.5 Å². The molecule has 0 amide bonds. The zero-order chi connectivity index (χ0) is 25.3. The van der Waals surface area contributed by atoms with E-state index in [2.05, 4.69) is 9.97 Å². The van der Waals surface area contributed by atoms with E-state index < -0.39 is 11.3 Å². The molecular formula is C27H32N4O4. The van der Waals surface area contributed by atoms with Crippen LogP contribution < -0.4 is 15.2 Å². The van der Waals surface area contributed by atoms with E-state index in [-0.39, 0.29) is 5.56 Å². The quantitative estimate of drug-likeness (QED) is 0.499. The van der Waals surface area contributed by atoms with Crippen LogP contribution in [0.1, 0.15) is 49.2 Å². The fourth-order valence-corrected chi connectivity index (χ4v) is 3.90. The van der Waals surface area contributed by atoms with Crippen LogP contribution in [0, 0.1) is 11.3 Å². The summed E-state index contributed by atoms with van der Waals surface area (Å²) < 4.78 is 11.2. The Kier molecular flexibility index (Phi) is 9.01. The Hall–Kier alpha value is -3.67. The van der Waals surface area contributed by atoms with Crippen LogP contribution in [0.5, 0.6) is 5.75 Å². The van der Waals surface area contributed by atoms with Crippen LogP contribution in [0.3, 0.4) is 0 Å². The second kappa shape index (κ2) is 12.2. The number of hydrogen-bond donors (Lipinski definition) is 2. The summed E-state index contributed by atoms with van der Waals surface area (Å²) >= 11 is 0. The summed E-state index contributed by atoms with van der Waals surface area (Å²) in [6.45, 7) is 5.27. The van der Waals surface area contributed by atoms with Gasteiger partial charge in [-0.1, -0.05) is 62.4 Å². The molecule has 2 aromatic carbocycles. The van der Waals surface area contributed by atoms with Crippen LogP contribution in [0.25, 0.3) is 0 Å². The topological polar surface area (TPSA) is 111 Å². The van der Waals surface area contributed by atoms with E-state index in [9.17, 15) is 15.2 Å². The average Bonchev–Trinajstić information content (AvgIpc) is 2.90. The number of nitrogens with zero attached hydrogens (tertiary/aromatic N) is 3. The number of aromatic nitrogens is 2. The van der Waals surface area contributed by atoms with Gasteiger partial charge < -0.3 is 24.5 Å². The van der Waals surface area contributed by atoms with E-state index in [1.165, 1.54) is 7.11 Å². The molecule has 1 saturated heterocycles. The largest absolute Gasteiger partial charge is 0.489 e. The van der Waals surface area contributed by atoms with Gasteiger partial charge in [0.1, 0.15) is 24.3 Å². The van der Waals surface area contributed by atoms with Crippen molar-refractivity contribution in [2.75, 3.05) is 25.1 Å². The summed E-state index contributed by atoms with van der Waals surface area (Å²) in [5.74, 6) is 0.287. The Bertz CT molecular complexity index is 1200. The maximum atomic E-state index is 12.7. The van der Waals surface area contributed by atoms with E-state index in [0.717, 1.165) is 11.1 Å². The molecule has 0 unspecified atom stereocenters. The predicted octanol–water partition coefficient (Wildman–Crippen LogP) is 3.77. The molecule has 1 fully saturated rings. The van der Waals surface area contributed by atoms with Gasteiger partial charge in [-0.05, 0) is 11.6 Å². The Morgan fingerprint density at radius 2 is 1.77 bits per heavy atom. The Labute approximate surface area is 205 Å². The van der Waals surface area contributed by atoms with Gasteiger partial charge in [-0.25, -0.2) is 4.98 Å². The summed E-state index contributed by atoms with van der Waals surface area (Å²) in [4.78, 5) is 21.9. The lowest BCUT2D eigenvalue weighted by Crippen LogP contribution is -2.46. The van der Waals surface area contributed by atoms with Crippen molar-refractivity contribution >= 4 is 5.82 Å². The minimum absolute atomic E-state index is 0.0322. The lowest BCUT2D eigenvalue weighted by molar-refractivity contribution is -0.196. The molecule has 0 radical (unpaired) electrons. The number of anilines is 1. The molecule has 2 heterocycles. The number of aliphatic hydroxyl groups is 1. The summed E-state index contributed by atoms with van der Waals surface area (Å²) in [6.07, 6.45) is 1.05. The molecule has 8 heteroatoms. The number of piperidine rings is 1. The molecule has 1 aliphatic rings. The van der Waals surface area contributed by atoms with Crippen molar-refractivity contribution in [2.24, 2.45) is 0 Å². The second-order valence-corrected chi connectivity index (χ2v) is 8.02.